The SMILES string of the molecule is C[C@@H](NC(=O)C1(NS(=O)(=O)c2ccc(N)c(N)c2)CCCCC1)c1ccc(F)cc1. The van der Waals surface area contributed by atoms with Crippen LogP contribution in [0, 0.1) is 5.82 Å². The maximum atomic E-state index is 13.2. The van der Waals surface area contributed by atoms with E-state index in [-0.39, 0.29) is 22.1 Å². The number of sulfonamides is 1. The second-order valence-corrected chi connectivity index (χ2v) is 9.47. The number of benzene rings is 2. The zero-order valence-corrected chi connectivity index (χ0v) is 17.6. The van der Waals surface area contributed by atoms with Gasteiger partial charge in [0.15, 0.2) is 0 Å². The molecule has 1 aliphatic rings. The summed E-state index contributed by atoms with van der Waals surface area (Å²) in [5, 5.41) is 2.89. The molecule has 7 nitrogen and oxygen atoms in total. The van der Waals surface area contributed by atoms with Crippen molar-refractivity contribution in [2.45, 2.75) is 55.5 Å². The molecule has 6 N–H and O–H groups in total. The van der Waals surface area contributed by atoms with E-state index in [9.17, 15) is 17.6 Å². The predicted octanol–water partition coefficient (Wildman–Crippen LogP) is 2.85. The number of nitrogens with two attached hydrogens (primary N) is 2. The summed E-state index contributed by atoms with van der Waals surface area (Å²) in [6, 6.07) is 9.49. The highest BCUT2D eigenvalue weighted by molar-refractivity contribution is 7.89. The van der Waals surface area contributed by atoms with E-state index in [4.69, 9.17) is 11.5 Å². The van der Waals surface area contributed by atoms with Crippen LogP contribution in [-0.4, -0.2) is 19.9 Å². The molecule has 0 radical (unpaired) electrons. The highest BCUT2D eigenvalue weighted by Gasteiger charge is 2.43. The van der Waals surface area contributed by atoms with Crippen molar-refractivity contribution in [1.29, 1.82) is 0 Å². The van der Waals surface area contributed by atoms with Gasteiger partial charge in [0, 0.05) is 0 Å². The maximum absolute atomic E-state index is 13.2. The summed E-state index contributed by atoms with van der Waals surface area (Å²) in [5.41, 5.74) is 11.3. The van der Waals surface area contributed by atoms with Gasteiger partial charge in [0.05, 0.1) is 22.3 Å². The van der Waals surface area contributed by atoms with Crippen molar-refractivity contribution in [1.82, 2.24) is 10.0 Å². The highest BCUT2D eigenvalue weighted by Crippen LogP contribution is 2.32. The monoisotopic (exact) mass is 434 g/mol. The second kappa shape index (κ2) is 8.61. The number of carbonyl (C=O) groups is 1. The summed E-state index contributed by atoms with van der Waals surface area (Å²) in [4.78, 5) is 13.2. The number of nitrogen functional groups attached to an aromatic ring is 2. The van der Waals surface area contributed by atoms with E-state index in [0.29, 0.717) is 12.8 Å². The first-order valence-electron chi connectivity index (χ1n) is 9.88. The summed E-state index contributed by atoms with van der Waals surface area (Å²) in [7, 11) is -4.00. The molecule has 1 atom stereocenters. The first kappa shape index (κ1) is 22.0. The molecule has 30 heavy (non-hydrogen) atoms. The van der Waals surface area contributed by atoms with E-state index in [2.05, 4.69) is 10.0 Å². The molecular weight excluding hydrogens is 407 g/mol. The summed E-state index contributed by atoms with van der Waals surface area (Å²) in [6.07, 6.45) is 3.16. The molecule has 0 aromatic heterocycles. The molecular formula is C21H27FN4O3S. The van der Waals surface area contributed by atoms with Crippen LogP contribution in [0.5, 0.6) is 0 Å². The average Bonchev–Trinajstić information content (AvgIpc) is 2.70. The van der Waals surface area contributed by atoms with Crippen molar-refractivity contribution in [3.05, 3.63) is 53.8 Å². The van der Waals surface area contributed by atoms with Crippen molar-refractivity contribution >= 4 is 27.3 Å². The Bertz CT molecular complexity index is 1020. The summed E-state index contributed by atoms with van der Waals surface area (Å²) in [5.74, 6) is -0.762. The zero-order chi connectivity index (χ0) is 21.9. The molecule has 0 spiro atoms. The van der Waals surface area contributed by atoms with Crippen LogP contribution >= 0.6 is 0 Å². The number of rotatable bonds is 6. The first-order chi connectivity index (χ1) is 14.1. The Labute approximate surface area is 176 Å². The van der Waals surface area contributed by atoms with Crippen LogP contribution < -0.4 is 21.5 Å². The lowest BCUT2D eigenvalue weighted by Gasteiger charge is -2.37. The lowest BCUT2D eigenvalue weighted by molar-refractivity contribution is -0.128. The molecule has 0 unspecified atom stereocenters. The average molecular weight is 435 g/mol. The summed E-state index contributed by atoms with van der Waals surface area (Å²) < 4.78 is 41.9. The van der Waals surface area contributed by atoms with Gasteiger partial charge in [-0.3, -0.25) is 4.79 Å². The minimum Gasteiger partial charge on any atom is -0.397 e. The van der Waals surface area contributed by atoms with Gasteiger partial charge in [-0.05, 0) is 55.7 Å². The van der Waals surface area contributed by atoms with Gasteiger partial charge in [0.25, 0.3) is 0 Å². The Morgan fingerprint density at radius 2 is 1.67 bits per heavy atom. The van der Waals surface area contributed by atoms with Crippen molar-refractivity contribution in [2.24, 2.45) is 0 Å². The van der Waals surface area contributed by atoms with E-state index in [1.165, 1.54) is 30.3 Å². The lowest BCUT2D eigenvalue weighted by Crippen LogP contribution is -2.59. The summed E-state index contributed by atoms with van der Waals surface area (Å²) in [6.45, 7) is 1.77. The van der Waals surface area contributed by atoms with E-state index >= 15 is 0 Å². The Kier molecular flexibility index (Phi) is 6.33. The molecule has 162 valence electrons. The maximum Gasteiger partial charge on any atom is 0.241 e. The third-order valence-electron chi connectivity index (χ3n) is 5.56. The number of hydrogen-bond donors (Lipinski definition) is 4. The number of carbonyl (C=O) groups excluding carboxylic acids is 1. The number of anilines is 2. The predicted molar refractivity (Wildman–Crippen MR) is 114 cm³/mol. The molecule has 3 rings (SSSR count). The van der Waals surface area contributed by atoms with Crippen molar-refractivity contribution < 1.29 is 17.6 Å². The number of amides is 1. The normalized spacial score (nSPS) is 17.3. The Balaban J connectivity index is 1.85. The highest BCUT2D eigenvalue weighted by atomic mass is 32.2. The molecule has 1 aliphatic carbocycles. The van der Waals surface area contributed by atoms with Crippen LogP contribution in [0.2, 0.25) is 0 Å². The number of hydrogen-bond acceptors (Lipinski definition) is 5. The van der Waals surface area contributed by atoms with Gasteiger partial charge in [-0.2, -0.15) is 4.72 Å². The van der Waals surface area contributed by atoms with E-state index in [1.807, 2.05) is 0 Å². The Morgan fingerprint density at radius 1 is 1.03 bits per heavy atom. The molecule has 1 fully saturated rings. The second-order valence-electron chi connectivity index (χ2n) is 7.79. The standard InChI is InChI=1S/C21H27FN4O3S/c1-14(15-5-7-16(22)8-6-15)25-20(27)21(11-3-2-4-12-21)26-30(28,29)17-9-10-18(23)19(24)13-17/h5-10,13-14,26H,2-4,11-12,23-24H2,1H3,(H,25,27)/t14-/m1/s1. The van der Waals surface area contributed by atoms with Gasteiger partial charge in [-0.25, -0.2) is 12.8 Å². The van der Waals surface area contributed by atoms with Crippen LogP contribution in [-0.2, 0) is 14.8 Å². The van der Waals surface area contributed by atoms with Crippen molar-refractivity contribution in [3.63, 3.8) is 0 Å². The molecule has 0 aliphatic heterocycles. The quantitative estimate of drug-likeness (QED) is 0.520. The summed E-state index contributed by atoms with van der Waals surface area (Å²) >= 11 is 0. The topological polar surface area (TPSA) is 127 Å². The van der Waals surface area contributed by atoms with E-state index in [0.717, 1.165) is 24.8 Å². The minimum absolute atomic E-state index is 0.0430. The molecule has 0 bridgehead atoms. The number of nitrogens with one attached hydrogen (secondary N) is 2. The van der Waals surface area contributed by atoms with Gasteiger partial charge in [0.1, 0.15) is 11.4 Å². The zero-order valence-electron chi connectivity index (χ0n) is 16.8. The van der Waals surface area contributed by atoms with Gasteiger partial charge < -0.3 is 16.8 Å². The fourth-order valence-corrected chi connectivity index (χ4v) is 5.19. The molecule has 1 amide bonds. The smallest absolute Gasteiger partial charge is 0.241 e. The molecule has 9 heteroatoms. The largest absolute Gasteiger partial charge is 0.397 e. The molecule has 0 saturated heterocycles. The Hall–Kier alpha value is -2.65. The van der Waals surface area contributed by atoms with Gasteiger partial charge >= 0.3 is 0 Å². The van der Waals surface area contributed by atoms with Gasteiger partial charge in [-0.15, -0.1) is 0 Å². The third kappa shape index (κ3) is 4.73. The molecule has 1 saturated carbocycles. The first-order valence-corrected chi connectivity index (χ1v) is 11.4. The minimum atomic E-state index is -4.00. The van der Waals surface area contributed by atoms with Crippen LogP contribution in [0.1, 0.15) is 50.6 Å². The van der Waals surface area contributed by atoms with Crippen molar-refractivity contribution in [2.75, 3.05) is 11.5 Å². The van der Waals surface area contributed by atoms with Crippen LogP contribution in [0.15, 0.2) is 47.4 Å². The third-order valence-corrected chi connectivity index (χ3v) is 7.09. The van der Waals surface area contributed by atoms with E-state index in [1.54, 1.807) is 19.1 Å². The van der Waals surface area contributed by atoms with Gasteiger partial charge in [-0.1, -0.05) is 31.4 Å². The fourth-order valence-electron chi connectivity index (χ4n) is 3.74. The van der Waals surface area contributed by atoms with Crippen LogP contribution in [0.25, 0.3) is 0 Å². The van der Waals surface area contributed by atoms with Gasteiger partial charge in [0.2, 0.25) is 15.9 Å². The molecule has 0 heterocycles. The van der Waals surface area contributed by atoms with Crippen LogP contribution in [0.3, 0.4) is 0 Å². The van der Waals surface area contributed by atoms with Crippen molar-refractivity contribution in [3.8, 4) is 0 Å². The number of halogens is 1. The van der Waals surface area contributed by atoms with E-state index < -0.39 is 27.5 Å². The lowest BCUT2D eigenvalue weighted by atomic mass is 9.81. The molecule has 2 aromatic carbocycles. The fraction of sp³-hybridized carbons (Fsp3) is 0.381. The Morgan fingerprint density at radius 3 is 2.27 bits per heavy atom. The molecule has 2 aromatic rings. The van der Waals surface area contributed by atoms with Crippen LogP contribution in [0.4, 0.5) is 15.8 Å².